The van der Waals surface area contributed by atoms with Crippen LogP contribution < -0.4 is 10.6 Å². The van der Waals surface area contributed by atoms with Gasteiger partial charge in [-0.15, -0.1) is 0 Å². The summed E-state index contributed by atoms with van der Waals surface area (Å²) in [6, 6.07) is 6.86. The maximum atomic E-state index is 8.95. The lowest BCUT2D eigenvalue weighted by Gasteiger charge is -2.32. The highest BCUT2D eigenvalue weighted by molar-refractivity contribution is 9.10. The molecular weight excluding hydrogens is 306 g/mol. The predicted molar refractivity (Wildman–Crippen MR) is 81.9 cm³/mol. The molecule has 0 spiro atoms. The average Bonchev–Trinajstić information content (AvgIpc) is 2.78. The molecule has 0 aliphatic carbocycles. The van der Waals surface area contributed by atoms with Crippen molar-refractivity contribution in [3.8, 4) is 0 Å². The third-order valence-electron chi connectivity index (χ3n) is 3.88. The number of hydrogen-bond acceptors (Lipinski definition) is 3. The molecule has 0 saturated carbocycles. The van der Waals surface area contributed by atoms with Crippen LogP contribution in [0.15, 0.2) is 27.8 Å². The van der Waals surface area contributed by atoms with Crippen LogP contribution in [0.25, 0.3) is 0 Å². The molecule has 0 bridgehead atoms. The maximum absolute atomic E-state index is 8.95. The van der Waals surface area contributed by atoms with E-state index in [1.54, 1.807) is 0 Å². The Bertz CT molecular complexity index is 490. The molecular formula is C14H20BrN3O. The average molecular weight is 326 g/mol. The summed E-state index contributed by atoms with van der Waals surface area (Å²) in [5, 5.41) is 12.1. The zero-order valence-corrected chi connectivity index (χ0v) is 12.9. The molecule has 0 amide bonds. The van der Waals surface area contributed by atoms with Gasteiger partial charge in [-0.3, -0.25) is 0 Å². The molecule has 1 aliphatic heterocycles. The Balaban J connectivity index is 2.50. The van der Waals surface area contributed by atoms with Gasteiger partial charge in [0, 0.05) is 27.8 Å². The van der Waals surface area contributed by atoms with Gasteiger partial charge in [-0.2, -0.15) is 0 Å². The van der Waals surface area contributed by atoms with E-state index in [0.29, 0.717) is 12.1 Å². The molecule has 2 unspecified atom stereocenters. The second kappa shape index (κ2) is 5.82. The molecule has 0 aromatic heterocycles. The van der Waals surface area contributed by atoms with Crippen LogP contribution in [0, 0.1) is 0 Å². The van der Waals surface area contributed by atoms with E-state index < -0.39 is 0 Å². The van der Waals surface area contributed by atoms with Crippen LogP contribution in [0.3, 0.4) is 0 Å². The summed E-state index contributed by atoms with van der Waals surface area (Å²) in [4.78, 5) is 2.40. The highest BCUT2D eigenvalue weighted by Gasteiger charge is 2.31. The fraction of sp³-hybridized carbons (Fsp3) is 0.500. The van der Waals surface area contributed by atoms with Crippen molar-refractivity contribution in [3.05, 3.63) is 28.2 Å². The van der Waals surface area contributed by atoms with Crippen molar-refractivity contribution < 1.29 is 5.21 Å². The van der Waals surface area contributed by atoms with Crippen LogP contribution in [0.5, 0.6) is 0 Å². The number of hydrogen-bond donors (Lipinski definition) is 2. The lowest BCUT2D eigenvalue weighted by molar-refractivity contribution is 0.318. The Kier molecular flexibility index (Phi) is 4.34. The molecule has 2 atom stereocenters. The summed E-state index contributed by atoms with van der Waals surface area (Å²) < 4.78 is 1.01. The van der Waals surface area contributed by atoms with Gasteiger partial charge < -0.3 is 15.8 Å². The highest BCUT2D eigenvalue weighted by atomic mass is 79.9. The fourth-order valence-electron chi connectivity index (χ4n) is 2.90. The van der Waals surface area contributed by atoms with E-state index in [2.05, 4.69) is 45.9 Å². The Morgan fingerprint density at radius 3 is 2.89 bits per heavy atom. The lowest BCUT2D eigenvalue weighted by Crippen LogP contribution is -2.36. The molecule has 1 aliphatic rings. The first-order valence-corrected chi connectivity index (χ1v) is 7.43. The first-order valence-electron chi connectivity index (χ1n) is 6.64. The van der Waals surface area contributed by atoms with Gasteiger partial charge in [0.05, 0.1) is 0 Å². The Labute approximate surface area is 122 Å². The molecule has 4 nitrogen and oxygen atoms in total. The normalized spacial score (nSPS) is 23.9. The fourth-order valence-corrected chi connectivity index (χ4v) is 3.24. The molecule has 0 radical (unpaired) electrons. The smallest absolute Gasteiger partial charge is 0.172 e. The predicted octanol–water partition coefficient (Wildman–Crippen LogP) is 3.31. The first-order chi connectivity index (χ1) is 9.08. The summed E-state index contributed by atoms with van der Waals surface area (Å²) >= 11 is 3.51. The van der Waals surface area contributed by atoms with E-state index in [-0.39, 0.29) is 5.84 Å². The molecule has 104 valence electrons. The minimum atomic E-state index is 0.163. The van der Waals surface area contributed by atoms with Crippen molar-refractivity contribution in [2.75, 3.05) is 4.90 Å². The van der Waals surface area contributed by atoms with Gasteiger partial charge in [0.25, 0.3) is 0 Å². The van der Waals surface area contributed by atoms with Gasteiger partial charge in [-0.25, -0.2) is 0 Å². The Morgan fingerprint density at radius 1 is 1.53 bits per heavy atom. The molecule has 1 fully saturated rings. The van der Waals surface area contributed by atoms with E-state index in [4.69, 9.17) is 10.9 Å². The molecule has 1 saturated heterocycles. The van der Waals surface area contributed by atoms with E-state index in [1.165, 1.54) is 12.8 Å². The number of nitrogens with two attached hydrogens (primary N) is 1. The molecule has 1 heterocycles. The maximum Gasteiger partial charge on any atom is 0.172 e. The standard InChI is InChI=1S/C14H20BrN3O/c1-3-11-6-4-9(2)18(11)13-8-10(15)5-7-12(13)14(16)17-19/h5,7-9,11,19H,3-4,6H2,1-2H3,(H2,16,17). The zero-order chi connectivity index (χ0) is 14.0. The van der Waals surface area contributed by atoms with Crippen molar-refractivity contribution in [2.45, 2.75) is 45.2 Å². The zero-order valence-electron chi connectivity index (χ0n) is 11.3. The van der Waals surface area contributed by atoms with Crippen LogP contribution in [-0.4, -0.2) is 23.1 Å². The molecule has 3 N–H and O–H groups in total. The van der Waals surface area contributed by atoms with Crippen molar-refractivity contribution in [3.63, 3.8) is 0 Å². The van der Waals surface area contributed by atoms with E-state index in [0.717, 1.165) is 22.1 Å². The van der Waals surface area contributed by atoms with Crippen LogP contribution in [0.1, 0.15) is 38.7 Å². The largest absolute Gasteiger partial charge is 0.409 e. The highest BCUT2D eigenvalue weighted by Crippen LogP contribution is 2.35. The SMILES string of the molecule is CCC1CCC(C)N1c1cc(Br)ccc1/C(N)=N/O. The summed E-state index contributed by atoms with van der Waals surface area (Å²) in [5.74, 6) is 0.163. The lowest BCUT2D eigenvalue weighted by atomic mass is 10.1. The first kappa shape index (κ1) is 14.2. The minimum absolute atomic E-state index is 0.163. The third kappa shape index (κ3) is 2.71. The summed E-state index contributed by atoms with van der Waals surface area (Å²) in [6.07, 6.45) is 3.48. The van der Waals surface area contributed by atoms with Gasteiger partial charge in [0.1, 0.15) is 0 Å². The molecule has 5 heteroatoms. The van der Waals surface area contributed by atoms with Gasteiger partial charge in [-0.1, -0.05) is 28.0 Å². The van der Waals surface area contributed by atoms with Crippen molar-refractivity contribution in [1.82, 2.24) is 0 Å². The quantitative estimate of drug-likeness (QED) is 0.388. The summed E-state index contributed by atoms with van der Waals surface area (Å²) in [5.41, 5.74) is 7.64. The number of benzene rings is 1. The van der Waals surface area contributed by atoms with Gasteiger partial charge >= 0.3 is 0 Å². The Morgan fingerprint density at radius 2 is 2.26 bits per heavy atom. The van der Waals surface area contributed by atoms with Crippen LogP contribution in [0.2, 0.25) is 0 Å². The summed E-state index contributed by atoms with van der Waals surface area (Å²) in [7, 11) is 0. The van der Waals surface area contributed by atoms with E-state index >= 15 is 0 Å². The topological polar surface area (TPSA) is 61.8 Å². The van der Waals surface area contributed by atoms with Crippen LogP contribution in [0.4, 0.5) is 5.69 Å². The monoisotopic (exact) mass is 325 g/mol. The van der Waals surface area contributed by atoms with Gasteiger partial charge in [0.2, 0.25) is 0 Å². The third-order valence-corrected chi connectivity index (χ3v) is 4.37. The van der Waals surface area contributed by atoms with Crippen molar-refractivity contribution >= 4 is 27.5 Å². The van der Waals surface area contributed by atoms with E-state index in [9.17, 15) is 0 Å². The number of halogens is 1. The van der Waals surface area contributed by atoms with Crippen LogP contribution >= 0.6 is 15.9 Å². The second-order valence-corrected chi connectivity index (χ2v) is 5.96. The molecule has 19 heavy (non-hydrogen) atoms. The number of oxime groups is 1. The minimum Gasteiger partial charge on any atom is -0.409 e. The Hall–Kier alpha value is -1.23. The van der Waals surface area contributed by atoms with E-state index in [1.807, 2.05) is 12.1 Å². The second-order valence-electron chi connectivity index (χ2n) is 5.04. The summed E-state index contributed by atoms with van der Waals surface area (Å²) in [6.45, 7) is 4.43. The molecule has 1 aromatic carbocycles. The number of rotatable bonds is 3. The van der Waals surface area contributed by atoms with Crippen molar-refractivity contribution in [2.24, 2.45) is 10.9 Å². The number of anilines is 1. The van der Waals surface area contributed by atoms with Crippen LogP contribution in [-0.2, 0) is 0 Å². The molecule has 1 aromatic rings. The van der Waals surface area contributed by atoms with Gasteiger partial charge in [-0.05, 0) is 44.4 Å². The van der Waals surface area contributed by atoms with Gasteiger partial charge in [0.15, 0.2) is 5.84 Å². The molecule has 2 rings (SSSR count). The number of amidine groups is 1. The van der Waals surface area contributed by atoms with Crippen molar-refractivity contribution in [1.29, 1.82) is 0 Å². The number of nitrogens with zero attached hydrogens (tertiary/aromatic N) is 2.